The number of rotatable bonds is 5. The quantitative estimate of drug-likeness (QED) is 0.684. The van der Waals surface area contributed by atoms with Crippen molar-refractivity contribution in [1.82, 2.24) is 9.97 Å². The molecule has 3 rings (SSSR count). The molecule has 3 aromatic rings. The van der Waals surface area contributed by atoms with Crippen molar-refractivity contribution in [2.24, 2.45) is 0 Å². The Morgan fingerprint density at radius 1 is 1.00 bits per heavy atom. The maximum absolute atomic E-state index is 11.9. The Balaban J connectivity index is 1.57. The van der Waals surface area contributed by atoms with E-state index in [1.54, 1.807) is 66.9 Å². The van der Waals surface area contributed by atoms with Crippen LogP contribution >= 0.6 is 11.6 Å². The van der Waals surface area contributed by atoms with E-state index >= 15 is 0 Å². The van der Waals surface area contributed by atoms with Crippen LogP contribution in [0.3, 0.4) is 0 Å². The van der Waals surface area contributed by atoms with Gasteiger partial charge in [0.15, 0.2) is 0 Å². The molecule has 1 aromatic heterocycles. The highest BCUT2D eigenvalue weighted by atomic mass is 35.5. The average Bonchev–Trinajstić information content (AvgIpc) is 2.64. The largest absolute Gasteiger partial charge is 0.457 e. The molecule has 0 bridgehead atoms. The van der Waals surface area contributed by atoms with Gasteiger partial charge in [-0.2, -0.15) is 0 Å². The van der Waals surface area contributed by atoms with Crippen LogP contribution in [0, 0.1) is 0 Å². The van der Waals surface area contributed by atoms with Crippen LogP contribution < -0.4 is 10.1 Å². The summed E-state index contributed by atoms with van der Waals surface area (Å²) in [7, 11) is 0. The van der Waals surface area contributed by atoms with Crippen LogP contribution in [0.5, 0.6) is 11.5 Å². The van der Waals surface area contributed by atoms with Gasteiger partial charge in [0, 0.05) is 23.0 Å². The Labute approximate surface area is 150 Å². The molecule has 0 radical (unpaired) electrons. The van der Waals surface area contributed by atoms with Gasteiger partial charge >= 0.3 is 0 Å². The van der Waals surface area contributed by atoms with Gasteiger partial charge in [-0.05, 0) is 60.7 Å². The summed E-state index contributed by atoms with van der Waals surface area (Å²) < 4.78 is 5.70. The fraction of sp³-hybridized carbons (Fsp3) is 0. The number of hydrogen-bond donors (Lipinski definition) is 1. The number of carbonyl (C=O) groups is 1. The van der Waals surface area contributed by atoms with Crippen LogP contribution in [-0.4, -0.2) is 15.9 Å². The maximum atomic E-state index is 11.9. The first-order chi connectivity index (χ1) is 12.2. The van der Waals surface area contributed by atoms with Crippen LogP contribution in [0.2, 0.25) is 5.02 Å². The first kappa shape index (κ1) is 16.7. The lowest BCUT2D eigenvalue weighted by Gasteiger charge is -2.07. The van der Waals surface area contributed by atoms with Gasteiger partial charge < -0.3 is 10.1 Å². The van der Waals surface area contributed by atoms with Crippen molar-refractivity contribution < 1.29 is 9.53 Å². The van der Waals surface area contributed by atoms with Crippen molar-refractivity contribution in [3.63, 3.8) is 0 Å². The third-order valence-electron chi connectivity index (χ3n) is 3.18. The van der Waals surface area contributed by atoms with Gasteiger partial charge in [0.25, 0.3) is 0 Å². The van der Waals surface area contributed by atoms with Gasteiger partial charge in [0.1, 0.15) is 17.8 Å². The number of ether oxygens (including phenoxy) is 1. The van der Waals surface area contributed by atoms with Crippen LogP contribution in [-0.2, 0) is 4.79 Å². The smallest absolute Gasteiger partial charge is 0.248 e. The summed E-state index contributed by atoms with van der Waals surface area (Å²) in [4.78, 5) is 19.7. The molecule has 2 aromatic carbocycles. The van der Waals surface area contributed by atoms with E-state index in [0.717, 1.165) is 0 Å². The van der Waals surface area contributed by atoms with E-state index in [1.807, 2.05) is 0 Å². The SMILES string of the molecule is O=C(/C=C/c1ccncn1)Nc1ccc(Oc2ccc(Cl)cc2)cc1. The summed E-state index contributed by atoms with van der Waals surface area (Å²) >= 11 is 5.84. The highest BCUT2D eigenvalue weighted by Crippen LogP contribution is 2.24. The minimum atomic E-state index is -0.245. The van der Waals surface area contributed by atoms with Crippen molar-refractivity contribution in [3.05, 3.63) is 83.9 Å². The second-order valence-corrected chi connectivity index (χ2v) is 5.47. The average molecular weight is 352 g/mol. The number of halogens is 1. The van der Waals surface area contributed by atoms with Crippen molar-refractivity contribution >= 4 is 29.3 Å². The zero-order valence-corrected chi connectivity index (χ0v) is 13.9. The Kier molecular flexibility index (Phi) is 5.39. The highest BCUT2D eigenvalue weighted by Gasteiger charge is 2.01. The molecule has 0 aliphatic carbocycles. The van der Waals surface area contributed by atoms with Crippen LogP contribution in [0.25, 0.3) is 6.08 Å². The number of anilines is 1. The molecule has 0 unspecified atom stereocenters. The molecular formula is C19H14ClN3O2. The van der Waals surface area contributed by atoms with Gasteiger partial charge in [-0.3, -0.25) is 4.79 Å². The first-order valence-corrected chi connectivity index (χ1v) is 7.85. The van der Waals surface area contributed by atoms with E-state index in [4.69, 9.17) is 16.3 Å². The van der Waals surface area contributed by atoms with E-state index < -0.39 is 0 Å². The van der Waals surface area contributed by atoms with Gasteiger partial charge in [-0.15, -0.1) is 0 Å². The number of carbonyl (C=O) groups excluding carboxylic acids is 1. The molecule has 0 atom stereocenters. The Morgan fingerprint density at radius 2 is 1.68 bits per heavy atom. The topological polar surface area (TPSA) is 64.1 Å². The minimum Gasteiger partial charge on any atom is -0.457 e. The highest BCUT2D eigenvalue weighted by molar-refractivity contribution is 6.30. The number of amides is 1. The molecule has 25 heavy (non-hydrogen) atoms. The fourth-order valence-electron chi connectivity index (χ4n) is 1.99. The lowest BCUT2D eigenvalue weighted by molar-refractivity contribution is -0.111. The first-order valence-electron chi connectivity index (χ1n) is 7.47. The molecule has 0 aliphatic heterocycles. The van der Waals surface area contributed by atoms with Crippen LogP contribution in [0.15, 0.2) is 73.2 Å². The second kappa shape index (κ2) is 8.08. The molecular weight excluding hydrogens is 338 g/mol. The molecule has 124 valence electrons. The Morgan fingerprint density at radius 3 is 2.32 bits per heavy atom. The molecule has 0 saturated heterocycles. The van der Waals surface area contributed by atoms with Crippen LogP contribution in [0.1, 0.15) is 5.69 Å². The van der Waals surface area contributed by atoms with E-state index in [-0.39, 0.29) is 5.91 Å². The minimum absolute atomic E-state index is 0.245. The molecule has 5 nitrogen and oxygen atoms in total. The van der Waals surface area contributed by atoms with Crippen molar-refractivity contribution in [2.45, 2.75) is 0 Å². The van der Waals surface area contributed by atoms with Crippen LogP contribution in [0.4, 0.5) is 5.69 Å². The van der Waals surface area contributed by atoms with Gasteiger partial charge in [-0.1, -0.05) is 11.6 Å². The number of benzene rings is 2. The zero-order chi connectivity index (χ0) is 17.5. The third-order valence-corrected chi connectivity index (χ3v) is 3.43. The van der Waals surface area contributed by atoms with Crippen molar-refractivity contribution in [1.29, 1.82) is 0 Å². The van der Waals surface area contributed by atoms with Gasteiger partial charge in [0.05, 0.1) is 5.69 Å². The van der Waals surface area contributed by atoms with E-state index in [9.17, 15) is 4.79 Å². The standard InChI is InChI=1S/C19H14ClN3O2/c20-14-1-6-17(7-2-14)25-18-8-3-16(4-9-18)23-19(24)10-5-15-11-12-21-13-22-15/h1-13H,(H,23,24)/b10-5+. The third kappa shape index (κ3) is 5.16. The van der Waals surface area contributed by atoms with Gasteiger partial charge in [0.2, 0.25) is 5.91 Å². The predicted octanol–water partition coefficient (Wildman–Crippen LogP) is 4.57. The molecule has 1 N–H and O–H groups in total. The summed E-state index contributed by atoms with van der Waals surface area (Å²) in [6.07, 6.45) is 6.08. The Hall–Kier alpha value is -3.18. The lowest BCUT2D eigenvalue weighted by Crippen LogP contribution is -2.07. The monoisotopic (exact) mass is 351 g/mol. The number of nitrogens with zero attached hydrogens (tertiary/aromatic N) is 2. The summed E-state index contributed by atoms with van der Waals surface area (Å²) in [6.45, 7) is 0. The number of nitrogens with one attached hydrogen (secondary N) is 1. The van der Waals surface area contributed by atoms with Crippen molar-refractivity contribution in [2.75, 3.05) is 5.32 Å². The summed E-state index contributed by atoms with van der Waals surface area (Å²) in [6, 6.07) is 15.9. The lowest BCUT2D eigenvalue weighted by atomic mass is 10.3. The summed E-state index contributed by atoms with van der Waals surface area (Å²) in [5.41, 5.74) is 1.33. The van der Waals surface area contributed by atoms with Crippen molar-refractivity contribution in [3.8, 4) is 11.5 Å². The number of aromatic nitrogens is 2. The molecule has 0 spiro atoms. The predicted molar refractivity (Wildman–Crippen MR) is 97.7 cm³/mol. The Bertz CT molecular complexity index is 863. The van der Waals surface area contributed by atoms with Gasteiger partial charge in [-0.25, -0.2) is 9.97 Å². The normalized spacial score (nSPS) is 10.6. The molecule has 0 saturated carbocycles. The van der Waals surface area contributed by atoms with E-state index in [2.05, 4.69) is 15.3 Å². The maximum Gasteiger partial charge on any atom is 0.248 e. The number of hydrogen-bond acceptors (Lipinski definition) is 4. The molecule has 1 heterocycles. The fourth-order valence-corrected chi connectivity index (χ4v) is 2.12. The second-order valence-electron chi connectivity index (χ2n) is 5.04. The molecule has 0 fully saturated rings. The molecule has 6 heteroatoms. The molecule has 1 amide bonds. The summed E-state index contributed by atoms with van der Waals surface area (Å²) in [5, 5.41) is 3.42. The van der Waals surface area contributed by atoms with E-state index in [1.165, 1.54) is 12.4 Å². The summed E-state index contributed by atoms with van der Waals surface area (Å²) in [5.74, 6) is 1.11. The van der Waals surface area contributed by atoms with E-state index in [0.29, 0.717) is 27.9 Å². The zero-order valence-electron chi connectivity index (χ0n) is 13.1. The molecule has 0 aliphatic rings.